The van der Waals surface area contributed by atoms with Gasteiger partial charge < -0.3 is 9.84 Å². The van der Waals surface area contributed by atoms with Crippen molar-refractivity contribution in [3.8, 4) is 0 Å². The van der Waals surface area contributed by atoms with E-state index in [4.69, 9.17) is 4.74 Å². The largest absolute Gasteiger partial charge is 0.469 e. The van der Waals surface area contributed by atoms with Crippen molar-refractivity contribution < 1.29 is 14.6 Å². The van der Waals surface area contributed by atoms with Crippen molar-refractivity contribution in [2.45, 2.75) is 45.3 Å². The van der Waals surface area contributed by atoms with Gasteiger partial charge in [-0.3, -0.25) is 4.79 Å². The molecule has 1 N–H and O–H groups in total. The molecule has 2 atom stereocenters. The lowest BCUT2D eigenvalue weighted by atomic mass is 9.71. The van der Waals surface area contributed by atoms with Gasteiger partial charge >= 0.3 is 0 Å². The highest BCUT2D eigenvalue weighted by molar-refractivity contribution is 5.98. The Bertz CT molecular complexity index is 557. The number of allylic oxidation sites excluding steroid dienone is 2. The van der Waals surface area contributed by atoms with Gasteiger partial charge in [0.2, 0.25) is 0 Å². The maximum absolute atomic E-state index is 12.5. The quantitative estimate of drug-likeness (QED) is 0.854. The molecule has 0 saturated carbocycles. The first kappa shape index (κ1) is 13.4. The molecule has 0 aromatic heterocycles. The molecular weight excluding hydrogens is 252 g/mol. The van der Waals surface area contributed by atoms with E-state index in [1.165, 1.54) is 0 Å². The van der Waals surface area contributed by atoms with Gasteiger partial charge in [-0.05, 0) is 11.0 Å². The van der Waals surface area contributed by atoms with E-state index in [9.17, 15) is 9.90 Å². The fourth-order valence-corrected chi connectivity index (χ4v) is 3.29. The zero-order chi connectivity index (χ0) is 14.3. The minimum Gasteiger partial charge on any atom is -0.469 e. The minimum atomic E-state index is -0.819. The number of rotatable bonds is 1. The summed E-state index contributed by atoms with van der Waals surface area (Å²) in [7, 11) is 0. The monoisotopic (exact) mass is 272 g/mol. The van der Waals surface area contributed by atoms with Gasteiger partial charge in [-0.25, -0.2) is 0 Å². The Balaban J connectivity index is 2.05. The van der Waals surface area contributed by atoms with Crippen molar-refractivity contribution in [1.29, 1.82) is 0 Å². The van der Waals surface area contributed by atoms with Crippen LogP contribution in [-0.4, -0.2) is 17.2 Å². The lowest BCUT2D eigenvalue weighted by molar-refractivity contribution is -0.125. The van der Waals surface area contributed by atoms with Gasteiger partial charge in [0.1, 0.15) is 5.76 Å². The van der Waals surface area contributed by atoms with Crippen LogP contribution in [0, 0.1) is 5.41 Å². The third-order valence-electron chi connectivity index (χ3n) is 4.15. The van der Waals surface area contributed by atoms with E-state index in [-0.39, 0.29) is 17.1 Å². The number of carbonyl (C=O) groups is 1. The van der Waals surface area contributed by atoms with Crippen LogP contribution in [0.15, 0.2) is 41.7 Å². The highest BCUT2D eigenvalue weighted by Crippen LogP contribution is 2.46. The normalized spacial score (nSPS) is 28.9. The van der Waals surface area contributed by atoms with Gasteiger partial charge in [0.05, 0.1) is 0 Å². The molecule has 20 heavy (non-hydrogen) atoms. The molecule has 1 aliphatic carbocycles. The molecule has 1 aliphatic heterocycles. The molecule has 1 unspecified atom stereocenters. The summed E-state index contributed by atoms with van der Waals surface area (Å²) in [5, 5.41) is 9.97. The molecule has 2 aliphatic rings. The van der Waals surface area contributed by atoms with E-state index < -0.39 is 6.29 Å². The highest BCUT2D eigenvalue weighted by atomic mass is 16.6. The third-order valence-corrected chi connectivity index (χ3v) is 4.15. The van der Waals surface area contributed by atoms with E-state index in [2.05, 4.69) is 13.8 Å². The van der Waals surface area contributed by atoms with Crippen LogP contribution >= 0.6 is 0 Å². The van der Waals surface area contributed by atoms with E-state index in [0.29, 0.717) is 25.0 Å². The predicted molar refractivity (Wildman–Crippen MR) is 75.9 cm³/mol. The summed E-state index contributed by atoms with van der Waals surface area (Å²) in [5.74, 6) is 0.814. The molecule has 1 heterocycles. The minimum absolute atomic E-state index is 0.0430. The summed E-state index contributed by atoms with van der Waals surface area (Å²) in [6, 6.07) is 9.92. The van der Waals surface area contributed by atoms with Crippen LogP contribution in [0.5, 0.6) is 0 Å². The van der Waals surface area contributed by atoms with Gasteiger partial charge in [-0.1, -0.05) is 44.2 Å². The summed E-state index contributed by atoms with van der Waals surface area (Å²) >= 11 is 0. The molecule has 3 rings (SSSR count). The van der Waals surface area contributed by atoms with Crippen LogP contribution in [0.2, 0.25) is 0 Å². The second-order valence-electron chi connectivity index (χ2n) is 6.55. The molecule has 0 amide bonds. The first-order valence-electron chi connectivity index (χ1n) is 7.12. The Labute approximate surface area is 119 Å². The van der Waals surface area contributed by atoms with Crippen molar-refractivity contribution in [2.75, 3.05) is 0 Å². The van der Waals surface area contributed by atoms with Crippen LogP contribution < -0.4 is 0 Å². The van der Waals surface area contributed by atoms with Crippen LogP contribution in [0.25, 0.3) is 0 Å². The second-order valence-corrected chi connectivity index (χ2v) is 6.55. The fraction of sp³-hybridized carbons (Fsp3) is 0.471. The van der Waals surface area contributed by atoms with E-state index in [0.717, 1.165) is 11.1 Å². The summed E-state index contributed by atoms with van der Waals surface area (Å²) < 4.78 is 5.56. The maximum atomic E-state index is 12.5. The van der Waals surface area contributed by atoms with Crippen molar-refractivity contribution in [3.05, 3.63) is 47.2 Å². The average Bonchev–Trinajstić information content (AvgIpc) is 2.36. The number of ether oxygens (including phenoxy) is 1. The van der Waals surface area contributed by atoms with Crippen molar-refractivity contribution >= 4 is 5.78 Å². The molecule has 0 radical (unpaired) electrons. The summed E-state index contributed by atoms with van der Waals surface area (Å²) in [6.45, 7) is 4.13. The number of benzene rings is 1. The fourth-order valence-electron chi connectivity index (χ4n) is 3.29. The van der Waals surface area contributed by atoms with Crippen molar-refractivity contribution in [2.24, 2.45) is 5.41 Å². The van der Waals surface area contributed by atoms with Crippen LogP contribution in [-0.2, 0) is 9.53 Å². The Kier molecular flexibility index (Phi) is 3.17. The predicted octanol–water partition coefficient (Wildman–Crippen LogP) is 3.15. The molecular formula is C17H20O3. The number of carbonyl (C=O) groups excluding carboxylic acids is 1. The van der Waals surface area contributed by atoms with Crippen molar-refractivity contribution in [3.63, 3.8) is 0 Å². The number of ketones is 1. The van der Waals surface area contributed by atoms with Gasteiger partial charge in [-0.2, -0.15) is 0 Å². The third kappa shape index (κ3) is 2.38. The first-order chi connectivity index (χ1) is 9.46. The number of aliphatic hydroxyl groups is 1. The standard InChI is InChI=1S/C17H20O3/c1-17(2)9-13(18)16-12(11-6-4-3-5-7-11)8-15(19)20-14(16)10-17/h3-7,12,15,19H,8-10H2,1-2H3/t12-,15?/m0/s1. The molecule has 3 nitrogen and oxygen atoms in total. The Morgan fingerprint density at radius 2 is 1.90 bits per heavy atom. The Morgan fingerprint density at radius 1 is 1.20 bits per heavy atom. The number of hydrogen-bond donors (Lipinski definition) is 1. The summed E-state index contributed by atoms with van der Waals surface area (Å²) in [4.78, 5) is 12.5. The molecule has 0 saturated heterocycles. The van der Waals surface area contributed by atoms with Gasteiger partial charge in [0.25, 0.3) is 0 Å². The second kappa shape index (κ2) is 4.74. The lowest BCUT2D eigenvalue weighted by Gasteiger charge is -2.39. The molecule has 0 fully saturated rings. The SMILES string of the molecule is CC1(C)CC(=O)C2=C(C1)OC(O)C[C@H]2c1ccccc1. The molecule has 0 bridgehead atoms. The topological polar surface area (TPSA) is 46.5 Å². The summed E-state index contributed by atoms with van der Waals surface area (Å²) in [6.07, 6.45) is 0.902. The van der Waals surface area contributed by atoms with E-state index in [1.54, 1.807) is 0 Å². The van der Waals surface area contributed by atoms with Crippen LogP contribution in [0.4, 0.5) is 0 Å². The number of Topliss-reactive ketones (excluding diaryl/α,β-unsaturated/α-hetero) is 1. The maximum Gasteiger partial charge on any atom is 0.197 e. The molecule has 1 aromatic carbocycles. The molecule has 0 spiro atoms. The first-order valence-corrected chi connectivity index (χ1v) is 7.12. The van der Waals surface area contributed by atoms with Crippen LogP contribution in [0.3, 0.4) is 0 Å². The molecule has 1 aromatic rings. The van der Waals surface area contributed by atoms with Gasteiger partial charge in [-0.15, -0.1) is 0 Å². The molecule has 3 heteroatoms. The summed E-state index contributed by atoms with van der Waals surface area (Å²) in [5.41, 5.74) is 1.77. The van der Waals surface area contributed by atoms with Crippen LogP contribution in [0.1, 0.15) is 44.6 Å². The molecule has 106 valence electrons. The zero-order valence-electron chi connectivity index (χ0n) is 11.9. The Hall–Kier alpha value is -1.61. The smallest absolute Gasteiger partial charge is 0.197 e. The Morgan fingerprint density at radius 3 is 2.60 bits per heavy atom. The van der Waals surface area contributed by atoms with Gasteiger partial charge in [0, 0.05) is 30.8 Å². The number of hydrogen-bond acceptors (Lipinski definition) is 3. The average molecular weight is 272 g/mol. The zero-order valence-corrected chi connectivity index (χ0v) is 11.9. The van der Waals surface area contributed by atoms with E-state index >= 15 is 0 Å². The lowest BCUT2D eigenvalue weighted by Crippen LogP contribution is -2.35. The van der Waals surface area contributed by atoms with E-state index in [1.807, 2.05) is 30.3 Å². The van der Waals surface area contributed by atoms with Gasteiger partial charge in [0.15, 0.2) is 12.1 Å². The number of aliphatic hydroxyl groups excluding tert-OH is 1. The highest BCUT2D eigenvalue weighted by Gasteiger charge is 2.41. The van der Waals surface area contributed by atoms with Crippen molar-refractivity contribution in [1.82, 2.24) is 0 Å².